The molecule has 0 aliphatic rings. The Kier molecular flexibility index (Phi) is 7.29. The number of aryl methyl sites for hydroxylation is 3. The van der Waals surface area contributed by atoms with Crippen LogP contribution in [0.5, 0.6) is 0 Å². The van der Waals surface area contributed by atoms with Gasteiger partial charge in [0, 0.05) is 18.9 Å². The van der Waals surface area contributed by atoms with Gasteiger partial charge in [-0.1, -0.05) is 6.07 Å². The second-order valence-electron chi connectivity index (χ2n) is 6.07. The van der Waals surface area contributed by atoms with E-state index in [9.17, 15) is 13.2 Å². The third-order valence-electron chi connectivity index (χ3n) is 4.03. The molecule has 0 saturated heterocycles. The van der Waals surface area contributed by atoms with Crippen LogP contribution in [0.25, 0.3) is 0 Å². The van der Waals surface area contributed by atoms with Gasteiger partial charge in [0.25, 0.3) is 0 Å². The molecule has 6 nitrogen and oxygen atoms in total. The minimum absolute atomic E-state index is 0.000664. The number of nitrogens with one attached hydrogen (secondary N) is 1. The highest BCUT2D eigenvalue weighted by Crippen LogP contribution is 2.14. The van der Waals surface area contributed by atoms with Gasteiger partial charge in [-0.2, -0.15) is 0 Å². The zero-order valence-electron chi connectivity index (χ0n) is 15.1. The Bertz CT molecular complexity index is 836. The number of hydrogen-bond acceptors (Lipinski definition) is 5. The first-order chi connectivity index (χ1) is 12.4. The van der Waals surface area contributed by atoms with Crippen molar-refractivity contribution in [2.75, 3.05) is 13.2 Å². The van der Waals surface area contributed by atoms with Crippen molar-refractivity contribution in [1.29, 1.82) is 0 Å². The Morgan fingerprint density at radius 2 is 1.85 bits per heavy atom. The lowest BCUT2D eigenvalue weighted by molar-refractivity contribution is -0.143. The molecule has 0 aliphatic carbocycles. The molecule has 1 aromatic carbocycles. The third-order valence-corrected chi connectivity index (χ3v) is 5.49. The number of rotatable bonds is 9. The molecule has 2 aromatic rings. The van der Waals surface area contributed by atoms with Crippen molar-refractivity contribution in [3.63, 3.8) is 0 Å². The van der Waals surface area contributed by atoms with Gasteiger partial charge in [-0.15, -0.1) is 0 Å². The highest BCUT2D eigenvalue weighted by molar-refractivity contribution is 7.89. The van der Waals surface area contributed by atoms with Crippen LogP contribution in [0.1, 0.15) is 29.5 Å². The van der Waals surface area contributed by atoms with Crippen LogP contribution in [-0.4, -0.2) is 32.5 Å². The van der Waals surface area contributed by atoms with Crippen LogP contribution in [-0.2, 0) is 26.0 Å². The first kappa shape index (κ1) is 20.1. The third kappa shape index (κ3) is 6.24. The molecular weight excluding hydrogens is 352 g/mol. The van der Waals surface area contributed by atoms with Crippen molar-refractivity contribution < 1.29 is 17.9 Å². The number of carbonyl (C=O) groups is 1. The zero-order valence-corrected chi connectivity index (χ0v) is 15.9. The van der Waals surface area contributed by atoms with Gasteiger partial charge in [0.05, 0.1) is 17.9 Å². The molecule has 0 atom stereocenters. The van der Waals surface area contributed by atoms with Crippen LogP contribution in [0.4, 0.5) is 0 Å². The molecule has 1 N–H and O–H groups in total. The number of nitrogens with zero attached hydrogens (tertiary/aromatic N) is 1. The second-order valence-corrected chi connectivity index (χ2v) is 7.84. The topological polar surface area (TPSA) is 85.4 Å². The summed E-state index contributed by atoms with van der Waals surface area (Å²) in [4.78, 5) is 15.9. The maximum absolute atomic E-state index is 12.2. The van der Waals surface area contributed by atoms with Crippen LogP contribution in [0, 0.1) is 13.8 Å². The Morgan fingerprint density at radius 3 is 2.54 bits per heavy atom. The molecule has 0 saturated carbocycles. The standard InChI is InChI=1S/C19H24N2O4S/c1-15-5-6-18(14-16(15)2)26(23,24)21-12-9-19(22)25-13-3-4-17-7-10-20-11-8-17/h5-8,10-11,14,21H,3-4,9,12-13H2,1-2H3. The van der Waals surface area contributed by atoms with E-state index in [1.165, 1.54) is 0 Å². The van der Waals surface area contributed by atoms with Crippen LogP contribution < -0.4 is 4.72 Å². The lowest BCUT2D eigenvalue weighted by atomic mass is 10.1. The highest BCUT2D eigenvalue weighted by Gasteiger charge is 2.15. The highest BCUT2D eigenvalue weighted by atomic mass is 32.2. The van der Waals surface area contributed by atoms with E-state index in [4.69, 9.17) is 4.74 Å². The van der Waals surface area contributed by atoms with Gasteiger partial charge in [-0.3, -0.25) is 9.78 Å². The number of carbonyl (C=O) groups excluding carboxylic acids is 1. The number of sulfonamides is 1. The molecule has 0 amide bonds. The predicted octanol–water partition coefficient (Wildman–Crippen LogP) is 2.54. The van der Waals surface area contributed by atoms with Gasteiger partial charge in [-0.25, -0.2) is 13.1 Å². The normalized spacial score (nSPS) is 11.3. The van der Waals surface area contributed by atoms with E-state index in [1.807, 2.05) is 26.0 Å². The Labute approximate surface area is 154 Å². The largest absolute Gasteiger partial charge is 0.466 e. The van der Waals surface area contributed by atoms with Gasteiger partial charge in [-0.05, 0) is 67.6 Å². The Balaban J connectivity index is 1.69. The second kappa shape index (κ2) is 9.45. The monoisotopic (exact) mass is 376 g/mol. The fourth-order valence-electron chi connectivity index (χ4n) is 2.34. The molecule has 1 aromatic heterocycles. The maximum Gasteiger partial charge on any atom is 0.307 e. The number of hydrogen-bond donors (Lipinski definition) is 1. The zero-order chi connectivity index (χ0) is 19.0. The van der Waals surface area contributed by atoms with E-state index in [-0.39, 0.29) is 17.9 Å². The van der Waals surface area contributed by atoms with E-state index >= 15 is 0 Å². The van der Waals surface area contributed by atoms with Crippen LogP contribution in [0.15, 0.2) is 47.6 Å². The van der Waals surface area contributed by atoms with Gasteiger partial charge in [0.2, 0.25) is 10.0 Å². The van der Waals surface area contributed by atoms with Crippen LogP contribution >= 0.6 is 0 Å². The van der Waals surface area contributed by atoms with Crippen molar-refractivity contribution in [3.8, 4) is 0 Å². The Morgan fingerprint density at radius 1 is 1.12 bits per heavy atom. The summed E-state index contributed by atoms with van der Waals surface area (Å²) in [6.07, 6.45) is 4.96. The summed E-state index contributed by atoms with van der Waals surface area (Å²) in [5, 5.41) is 0. The van der Waals surface area contributed by atoms with Crippen molar-refractivity contribution in [1.82, 2.24) is 9.71 Å². The SMILES string of the molecule is Cc1ccc(S(=O)(=O)NCCC(=O)OCCCc2ccncc2)cc1C. The summed E-state index contributed by atoms with van der Waals surface area (Å²) in [5.74, 6) is -0.414. The smallest absolute Gasteiger partial charge is 0.307 e. The van der Waals surface area contributed by atoms with Crippen LogP contribution in [0.2, 0.25) is 0 Å². The summed E-state index contributed by atoms with van der Waals surface area (Å²) < 4.78 is 32.0. The van der Waals surface area contributed by atoms with Crippen molar-refractivity contribution in [3.05, 3.63) is 59.4 Å². The molecule has 0 bridgehead atoms. The average molecular weight is 376 g/mol. The summed E-state index contributed by atoms with van der Waals surface area (Å²) in [5.41, 5.74) is 3.07. The lowest BCUT2D eigenvalue weighted by Crippen LogP contribution is -2.27. The van der Waals surface area contributed by atoms with E-state index in [2.05, 4.69) is 9.71 Å². The molecule has 0 radical (unpaired) electrons. The molecule has 140 valence electrons. The van der Waals surface area contributed by atoms with Gasteiger partial charge < -0.3 is 4.74 Å². The summed E-state index contributed by atoms with van der Waals surface area (Å²) in [6, 6.07) is 8.78. The number of ether oxygens (including phenoxy) is 1. The lowest BCUT2D eigenvalue weighted by Gasteiger charge is -2.09. The molecule has 2 rings (SSSR count). The number of aromatic nitrogens is 1. The fourth-order valence-corrected chi connectivity index (χ4v) is 3.45. The average Bonchev–Trinajstić information content (AvgIpc) is 2.62. The minimum atomic E-state index is -3.62. The summed E-state index contributed by atoms with van der Waals surface area (Å²) >= 11 is 0. The van der Waals surface area contributed by atoms with E-state index in [0.29, 0.717) is 13.0 Å². The predicted molar refractivity (Wildman–Crippen MR) is 99.2 cm³/mol. The molecule has 7 heteroatoms. The Hall–Kier alpha value is -2.25. The molecule has 26 heavy (non-hydrogen) atoms. The maximum atomic E-state index is 12.2. The summed E-state index contributed by atoms with van der Waals surface area (Å²) in [6.45, 7) is 4.10. The first-order valence-corrected chi connectivity index (χ1v) is 9.98. The first-order valence-electron chi connectivity index (χ1n) is 8.50. The number of pyridine rings is 1. The number of esters is 1. The molecular formula is C19H24N2O4S. The molecule has 0 spiro atoms. The van der Waals surface area contributed by atoms with Gasteiger partial charge >= 0.3 is 5.97 Å². The van der Waals surface area contributed by atoms with Crippen molar-refractivity contribution in [2.45, 2.75) is 38.0 Å². The molecule has 1 heterocycles. The van der Waals surface area contributed by atoms with Crippen LogP contribution in [0.3, 0.4) is 0 Å². The van der Waals surface area contributed by atoms with E-state index in [1.54, 1.807) is 30.6 Å². The quantitative estimate of drug-likeness (QED) is 0.537. The van der Waals surface area contributed by atoms with Gasteiger partial charge in [0.1, 0.15) is 0 Å². The van der Waals surface area contributed by atoms with Crippen molar-refractivity contribution in [2.24, 2.45) is 0 Å². The molecule has 0 aliphatic heterocycles. The van der Waals surface area contributed by atoms with Crippen molar-refractivity contribution >= 4 is 16.0 Å². The van der Waals surface area contributed by atoms with Gasteiger partial charge in [0.15, 0.2) is 0 Å². The summed E-state index contributed by atoms with van der Waals surface area (Å²) in [7, 11) is -3.62. The van der Waals surface area contributed by atoms with E-state index in [0.717, 1.165) is 23.1 Å². The fraction of sp³-hybridized carbons (Fsp3) is 0.368. The molecule has 0 fully saturated rings. The number of benzene rings is 1. The molecule has 0 unspecified atom stereocenters. The van der Waals surface area contributed by atoms with E-state index < -0.39 is 16.0 Å². The minimum Gasteiger partial charge on any atom is -0.466 e.